The highest BCUT2D eigenvalue weighted by molar-refractivity contribution is 5.81. The first kappa shape index (κ1) is 21.7. The number of carbonyl (C=O) groups is 2. The first-order chi connectivity index (χ1) is 13.2. The maximum absolute atomic E-state index is 12.4. The van der Waals surface area contributed by atoms with Crippen molar-refractivity contribution in [1.29, 1.82) is 0 Å². The molecule has 6 nitrogen and oxygen atoms in total. The topological polar surface area (TPSA) is 82.1 Å². The summed E-state index contributed by atoms with van der Waals surface area (Å²) in [5.74, 6) is -1.86. The first-order valence-corrected chi connectivity index (χ1v) is 8.68. The maximum atomic E-state index is 12.4. The first-order valence-electron chi connectivity index (χ1n) is 8.68. The molecule has 28 heavy (non-hydrogen) atoms. The van der Waals surface area contributed by atoms with E-state index in [1.807, 2.05) is 0 Å². The Balaban J connectivity index is 1.87. The minimum atomic E-state index is -4.87. The van der Waals surface area contributed by atoms with E-state index in [1.165, 1.54) is 18.2 Å². The van der Waals surface area contributed by atoms with Gasteiger partial charge in [-0.25, -0.2) is 4.79 Å². The number of ether oxygens (including phenoxy) is 3. The summed E-state index contributed by atoms with van der Waals surface area (Å²) in [5, 5.41) is 10.2. The number of aliphatic hydroxyl groups excluding tert-OH is 1. The summed E-state index contributed by atoms with van der Waals surface area (Å²) in [6.07, 6.45) is -4.78. The number of aliphatic hydroxyl groups is 1. The van der Waals surface area contributed by atoms with Crippen LogP contribution in [0.4, 0.5) is 13.2 Å². The van der Waals surface area contributed by atoms with Crippen LogP contribution in [0.1, 0.15) is 24.8 Å². The summed E-state index contributed by atoms with van der Waals surface area (Å²) in [6.45, 7) is 3.42. The number of alkyl halides is 3. The lowest BCUT2D eigenvalue weighted by Crippen LogP contribution is -2.39. The third kappa shape index (κ3) is 6.88. The quantitative estimate of drug-likeness (QED) is 0.558. The van der Waals surface area contributed by atoms with Gasteiger partial charge in [0.25, 0.3) is 0 Å². The largest absolute Gasteiger partial charge is 0.573 e. The number of carbonyl (C=O) groups excluding carboxylic acids is 2. The van der Waals surface area contributed by atoms with Crippen molar-refractivity contribution >= 4 is 11.9 Å². The van der Waals surface area contributed by atoms with Crippen molar-refractivity contribution in [1.82, 2.24) is 0 Å². The van der Waals surface area contributed by atoms with Crippen LogP contribution in [0, 0.1) is 5.92 Å². The van der Waals surface area contributed by atoms with E-state index in [0.29, 0.717) is 12.8 Å². The molecule has 0 saturated heterocycles. The number of para-hydroxylation sites is 1. The fourth-order valence-corrected chi connectivity index (χ4v) is 2.99. The lowest BCUT2D eigenvalue weighted by molar-refractivity contribution is -0.275. The third-order valence-corrected chi connectivity index (χ3v) is 4.31. The second kappa shape index (κ2) is 9.59. The molecular formula is C19H21F3O6. The molecule has 0 aliphatic heterocycles. The van der Waals surface area contributed by atoms with Gasteiger partial charge >= 0.3 is 18.3 Å². The zero-order valence-corrected chi connectivity index (χ0v) is 15.0. The van der Waals surface area contributed by atoms with Crippen LogP contribution in [-0.4, -0.2) is 42.2 Å². The van der Waals surface area contributed by atoms with Crippen LogP contribution in [0.5, 0.6) is 5.75 Å². The Morgan fingerprint density at radius 2 is 1.96 bits per heavy atom. The van der Waals surface area contributed by atoms with Crippen molar-refractivity contribution in [3.63, 3.8) is 0 Å². The molecule has 3 atom stereocenters. The summed E-state index contributed by atoms with van der Waals surface area (Å²) >= 11 is 0. The molecule has 1 aliphatic rings. The van der Waals surface area contributed by atoms with Crippen molar-refractivity contribution in [2.45, 2.75) is 44.3 Å². The molecule has 0 heterocycles. The lowest BCUT2D eigenvalue weighted by atomic mass is 9.86. The standard InChI is InChI=1S/C19H21F3O6/c1-2-17(24)26-11-12-7-8-16(14(23)9-12)27-18(25)10-13-5-3-4-6-15(13)28-19(20,21)22/h2-6,12,14,16,23H,1,7-11H2. The molecule has 3 unspecified atom stereocenters. The molecular weight excluding hydrogens is 381 g/mol. The van der Waals surface area contributed by atoms with Gasteiger partial charge in [-0.3, -0.25) is 4.79 Å². The molecule has 1 aromatic rings. The van der Waals surface area contributed by atoms with E-state index in [9.17, 15) is 27.9 Å². The van der Waals surface area contributed by atoms with Crippen molar-refractivity contribution in [3.8, 4) is 5.75 Å². The number of halogens is 3. The SMILES string of the molecule is C=CC(=O)OCC1CCC(OC(=O)Cc2ccccc2OC(F)(F)F)C(O)C1. The number of benzene rings is 1. The average Bonchev–Trinajstić information content (AvgIpc) is 2.62. The lowest BCUT2D eigenvalue weighted by Gasteiger charge is -2.32. The van der Waals surface area contributed by atoms with Crippen LogP contribution in [-0.2, 0) is 25.5 Å². The Bertz CT molecular complexity index is 703. The molecule has 0 bridgehead atoms. The zero-order chi connectivity index (χ0) is 20.7. The second-order valence-electron chi connectivity index (χ2n) is 6.44. The predicted octanol–water partition coefficient (Wildman–Crippen LogP) is 2.93. The van der Waals surface area contributed by atoms with E-state index in [0.717, 1.165) is 12.1 Å². The molecule has 1 aromatic carbocycles. The second-order valence-corrected chi connectivity index (χ2v) is 6.44. The number of rotatable bonds is 7. The number of esters is 2. The molecule has 154 valence electrons. The fourth-order valence-electron chi connectivity index (χ4n) is 2.99. The van der Waals surface area contributed by atoms with Gasteiger partial charge in [0.15, 0.2) is 0 Å². The van der Waals surface area contributed by atoms with Gasteiger partial charge in [-0.05, 0) is 31.2 Å². The van der Waals surface area contributed by atoms with Crippen molar-refractivity contribution < 1.29 is 42.1 Å². The maximum Gasteiger partial charge on any atom is 0.573 e. The highest BCUT2D eigenvalue weighted by atomic mass is 19.4. The Morgan fingerprint density at radius 1 is 1.25 bits per heavy atom. The fraction of sp³-hybridized carbons (Fsp3) is 0.474. The van der Waals surface area contributed by atoms with Crippen molar-refractivity contribution in [3.05, 3.63) is 42.5 Å². The van der Waals surface area contributed by atoms with Crippen LogP contribution in [0.15, 0.2) is 36.9 Å². The molecule has 1 N–H and O–H groups in total. The van der Waals surface area contributed by atoms with Gasteiger partial charge in [0.1, 0.15) is 11.9 Å². The predicted molar refractivity (Wildman–Crippen MR) is 91.2 cm³/mol. The van der Waals surface area contributed by atoms with Gasteiger partial charge in [-0.2, -0.15) is 0 Å². The average molecular weight is 402 g/mol. The highest BCUT2D eigenvalue weighted by Crippen LogP contribution is 2.29. The van der Waals surface area contributed by atoms with E-state index in [2.05, 4.69) is 11.3 Å². The molecule has 0 spiro atoms. The number of hydrogen-bond acceptors (Lipinski definition) is 6. The summed E-state index contributed by atoms with van der Waals surface area (Å²) < 4.78 is 51.4. The monoisotopic (exact) mass is 402 g/mol. The van der Waals surface area contributed by atoms with E-state index >= 15 is 0 Å². The van der Waals surface area contributed by atoms with Gasteiger partial charge < -0.3 is 19.3 Å². The van der Waals surface area contributed by atoms with E-state index in [1.54, 1.807) is 0 Å². The molecule has 1 fully saturated rings. The van der Waals surface area contributed by atoms with Crippen molar-refractivity contribution in [2.24, 2.45) is 5.92 Å². The molecule has 0 amide bonds. The summed E-state index contributed by atoms with van der Waals surface area (Å²) in [5.41, 5.74) is 0.0318. The summed E-state index contributed by atoms with van der Waals surface area (Å²) in [4.78, 5) is 23.2. The molecule has 0 radical (unpaired) electrons. The van der Waals surface area contributed by atoms with Gasteiger partial charge in [0.2, 0.25) is 0 Å². The highest BCUT2D eigenvalue weighted by Gasteiger charge is 2.34. The minimum absolute atomic E-state index is 0.0318. The van der Waals surface area contributed by atoms with Crippen LogP contribution < -0.4 is 4.74 Å². The van der Waals surface area contributed by atoms with Gasteiger partial charge in [0.05, 0.1) is 19.1 Å². The smallest absolute Gasteiger partial charge is 0.462 e. The van der Waals surface area contributed by atoms with Gasteiger partial charge in [-0.1, -0.05) is 24.8 Å². The Hall–Kier alpha value is -2.55. The van der Waals surface area contributed by atoms with Crippen molar-refractivity contribution in [2.75, 3.05) is 6.61 Å². The zero-order valence-electron chi connectivity index (χ0n) is 15.0. The number of hydrogen-bond donors (Lipinski definition) is 1. The van der Waals surface area contributed by atoms with Gasteiger partial charge in [0, 0.05) is 11.6 Å². The third-order valence-electron chi connectivity index (χ3n) is 4.31. The Kier molecular flexibility index (Phi) is 7.45. The van der Waals surface area contributed by atoms with E-state index in [-0.39, 0.29) is 24.5 Å². The molecule has 1 aliphatic carbocycles. The normalized spacial score (nSPS) is 22.2. The summed E-state index contributed by atoms with van der Waals surface area (Å²) in [6, 6.07) is 5.29. The Labute approximate surface area is 159 Å². The van der Waals surface area contributed by atoms with Crippen LogP contribution in [0.2, 0.25) is 0 Å². The van der Waals surface area contributed by atoms with Gasteiger partial charge in [-0.15, -0.1) is 13.2 Å². The van der Waals surface area contributed by atoms with Crippen LogP contribution >= 0.6 is 0 Å². The van der Waals surface area contributed by atoms with E-state index < -0.39 is 42.7 Å². The molecule has 1 saturated carbocycles. The Morgan fingerprint density at radius 3 is 2.61 bits per heavy atom. The molecule has 0 aromatic heterocycles. The summed E-state index contributed by atoms with van der Waals surface area (Å²) in [7, 11) is 0. The van der Waals surface area contributed by atoms with Crippen LogP contribution in [0.25, 0.3) is 0 Å². The molecule has 2 rings (SSSR count). The van der Waals surface area contributed by atoms with E-state index in [4.69, 9.17) is 9.47 Å². The van der Waals surface area contributed by atoms with Crippen LogP contribution in [0.3, 0.4) is 0 Å². The minimum Gasteiger partial charge on any atom is -0.462 e. The molecule has 9 heteroatoms.